The summed E-state index contributed by atoms with van der Waals surface area (Å²) in [6.45, 7) is 0. The quantitative estimate of drug-likeness (QED) is 0.449. The summed E-state index contributed by atoms with van der Waals surface area (Å²) in [5.74, 6) is 1.24. The summed E-state index contributed by atoms with van der Waals surface area (Å²) in [6, 6.07) is 9.39. The first-order valence-electron chi connectivity index (χ1n) is 6.47. The third kappa shape index (κ3) is 3.42. The zero-order valence-electron chi connectivity index (χ0n) is 10.9. The van der Waals surface area contributed by atoms with Gasteiger partial charge in [0.1, 0.15) is 0 Å². The minimum Gasteiger partial charge on any atom is -0.370 e. The Morgan fingerprint density at radius 3 is 2.68 bits per heavy atom. The van der Waals surface area contributed by atoms with Crippen molar-refractivity contribution in [1.82, 2.24) is 4.90 Å². The van der Waals surface area contributed by atoms with E-state index in [9.17, 15) is 0 Å². The molecule has 1 aromatic carbocycles. The van der Waals surface area contributed by atoms with E-state index >= 15 is 0 Å². The maximum atomic E-state index is 6.04. The van der Waals surface area contributed by atoms with Crippen molar-refractivity contribution in [2.45, 2.75) is 37.3 Å². The molecule has 0 saturated heterocycles. The van der Waals surface area contributed by atoms with Crippen LogP contribution in [0.2, 0.25) is 0 Å². The summed E-state index contributed by atoms with van der Waals surface area (Å²) in [4.78, 5) is 6.77. The highest BCUT2D eigenvalue weighted by Gasteiger charge is 2.40. The van der Waals surface area contributed by atoms with Crippen LogP contribution >= 0.6 is 39.9 Å². The highest BCUT2D eigenvalue weighted by Crippen LogP contribution is 2.46. The second-order valence-corrected chi connectivity index (χ2v) is 6.11. The maximum Gasteiger partial charge on any atom is 0.191 e. The first-order chi connectivity index (χ1) is 8.66. The van der Waals surface area contributed by atoms with Gasteiger partial charge in [-0.3, -0.25) is 0 Å². The zero-order valence-corrected chi connectivity index (χ0v) is 14.8. The number of benzene rings is 1. The lowest BCUT2D eigenvalue weighted by atomic mass is 10.1. The number of hydrogen-bond donors (Lipinski definition) is 1. The van der Waals surface area contributed by atoms with Gasteiger partial charge in [-0.05, 0) is 30.9 Å². The molecule has 2 saturated carbocycles. The smallest absolute Gasteiger partial charge is 0.191 e. The van der Waals surface area contributed by atoms with E-state index in [0.29, 0.717) is 24.0 Å². The lowest BCUT2D eigenvalue weighted by Gasteiger charge is -2.16. The normalized spacial score (nSPS) is 25.7. The van der Waals surface area contributed by atoms with Crippen LogP contribution in [0.25, 0.3) is 0 Å². The summed E-state index contributed by atoms with van der Waals surface area (Å²) in [7, 11) is 2.05. The number of aliphatic imine (C=N–C) groups is 1. The molecular formula is C14H19BrIN3. The van der Waals surface area contributed by atoms with Crippen LogP contribution in [-0.4, -0.2) is 30.0 Å². The van der Waals surface area contributed by atoms with Crippen molar-refractivity contribution in [3.63, 3.8) is 0 Å². The van der Waals surface area contributed by atoms with Gasteiger partial charge in [0.05, 0.1) is 6.04 Å². The molecule has 104 valence electrons. The van der Waals surface area contributed by atoms with Crippen LogP contribution in [0.3, 0.4) is 0 Å². The highest BCUT2D eigenvalue weighted by molar-refractivity contribution is 14.0. The number of rotatable bonds is 3. The molecule has 0 aromatic heterocycles. The number of hydrogen-bond acceptors (Lipinski definition) is 1. The Labute approximate surface area is 139 Å². The molecule has 3 rings (SSSR count). The molecule has 1 aromatic rings. The molecule has 0 spiro atoms. The van der Waals surface area contributed by atoms with E-state index in [2.05, 4.69) is 44.0 Å². The molecule has 0 radical (unpaired) electrons. The Kier molecular flexibility index (Phi) is 4.76. The van der Waals surface area contributed by atoms with Crippen molar-refractivity contribution in [2.75, 3.05) is 7.05 Å². The Morgan fingerprint density at radius 1 is 1.37 bits per heavy atom. The number of halogens is 2. The van der Waals surface area contributed by atoms with E-state index < -0.39 is 0 Å². The molecule has 0 unspecified atom stereocenters. The monoisotopic (exact) mass is 435 g/mol. The molecule has 2 aliphatic carbocycles. The van der Waals surface area contributed by atoms with Crippen LogP contribution in [0.4, 0.5) is 0 Å². The van der Waals surface area contributed by atoms with Crippen LogP contribution in [-0.2, 0) is 0 Å². The third-order valence-electron chi connectivity index (χ3n) is 3.82. The molecule has 0 aliphatic heterocycles. The molecule has 3 nitrogen and oxygen atoms in total. The molecule has 2 N–H and O–H groups in total. The maximum absolute atomic E-state index is 6.04. The third-order valence-corrected chi connectivity index (χ3v) is 4.54. The topological polar surface area (TPSA) is 41.6 Å². The molecule has 19 heavy (non-hydrogen) atoms. The van der Waals surface area contributed by atoms with Gasteiger partial charge >= 0.3 is 0 Å². The number of nitrogens with zero attached hydrogens (tertiary/aromatic N) is 2. The highest BCUT2D eigenvalue weighted by atomic mass is 127. The first-order valence-corrected chi connectivity index (χ1v) is 7.26. The minimum atomic E-state index is 0. The van der Waals surface area contributed by atoms with Gasteiger partial charge in [-0.2, -0.15) is 0 Å². The second-order valence-electron chi connectivity index (χ2n) is 5.26. The Morgan fingerprint density at radius 2 is 2.05 bits per heavy atom. The van der Waals surface area contributed by atoms with Crippen molar-refractivity contribution in [3.05, 3.63) is 34.3 Å². The summed E-state index contributed by atoms with van der Waals surface area (Å²) in [5.41, 5.74) is 7.40. The number of nitrogens with two attached hydrogens (primary N) is 1. The average molecular weight is 436 g/mol. The SMILES string of the molecule is CN(C(N)=N[C@@H]1C[C@H]1c1ccccc1Br)C1CC1.I. The van der Waals surface area contributed by atoms with Gasteiger partial charge in [-0.1, -0.05) is 34.1 Å². The summed E-state index contributed by atoms with van der Waals surface area (Å²) < 4.78 is 1.18. The standard InChI is InChI=1S/C14H18BrN3.HI/c1-18(9-6-7-9)14(16)17-13-8-11(13)10-4-2-3-5-12(10)15;/h2-5,9,11,13H,6-8H2,1H3,(H2,16,17);1H/t11-,13+;/m0./s1. The van der Waals surface area contributed by atoms with E-state index in [4.69, 9.17) is 5.73 Å². The second kappa shape index (κ2) is 5.99. The van der Waals surface area contributed by atoms with E-state index in [1.165, 1.54) is 22.9 Å². The van der Waals surface area contributed by atoms with Crippen LogP contribution in [0.15, 0.2) is 33.7 Å². The van der Waals surface area contributed by atoms with Crippen molar-refractivity contribution in [1.29, 1.82) is 0 Å². The van der Waals surface area contributed by atoms with Gasteiger partial charge in [-0.25, -0.2) is 4.99 Å². The fourth-order valence-corrected chi connectivity index (χ4v) is 2.92. The summed E-state index contributed by atoms with van der Waals surface area (Å²) in [5, 5.41) is 0. The largest absolute Gasteiger partial charge is 0.370 e. The molecule has 0 heterocycles. The van der Waals surface area contributed by atoms with Crippen molar-refractivity contribution in [3.8, 4) is 0 Å². The Bertz CT molecular complexity index is 487. The molecule has 2 atom stereocenters. The van der Waals surface area contributed by atoms with Gasteiger partial charge in [0.2, 0.25) is 0 Å². The van der Waals surface area contributed by atoms with Gasteiger partial charge < -0.3 is 10.6 Å². The molecule has 2 fully saturated rings. The van der Waals surface area contributed by atoms with E-state index in [1.807, 2.05) is 13.1 Å². The molecular weight excluding hydrogens is 417 g/mol. The van der Waals surface area contributed by atoms with Crippen LogP contribution in [0.1, 0.15) is 30.7 Å². The average Bonchev–Trinajstić information content (AvgIpc) is 3.23. The van der Waals surface area contributed by atoms with Crippen molar-refractivity contribution in [2.24, 2.45) is 10.7 Å². The number of guanidine groups is 1. The first kappa shape index (κ1) is 15.1. The van der Waals surface area contributed by atoms with Crippen LogP contribution < -0.4 is 5.73 Å². The van der Waals surface area contributed by atoms with Gasteiger partial charge in [0, 0.05) is 23.5 Å². The minimum absolute atomic E-state index is 0. The Balaban J connectivity index is 0.00000133. The van der Waals surface area contributed by atoms with Crippen molar-refractivity contribution >= 4 is 45.9 Å². The lowest BCUT2D eigenvalue weighted by Crippen LogP contribution is -2.36. The van der Waals surface area contributed by atoms with E-state index in [-0.39, 0.29) is 24.0 Å². The Hall–Kier alpha value is -0.300. The molecule has 5 heteroatoms. The van der Waals surface area contributed by atoms with E-state index in [1.54, 1.807) is 0 Å². The fraction of sp³-hybridized carbons (Fsp3) is 0.500. The predicted molar refractivity (Wildman–Crippen MR) is 93.1 cm³/mol. The van der Waals surface area contributed by atoms with Gasteiger partial charge in [0.25, 0.3) is 0 Å². The van der Waals surface area contributed by atoms with Crippen molar-refractivity contribution < 1.29 is 0 Å². The van der Waals surface area contributed by atoms with Crippen LogP contribution in [0.5, 0.6) is 0 Å². The molecule has 0 amide bonds. The predicted octanol–water partition coefficient (Wildman–Crippen LogP) is 3.33. The van der Waals surface area contributed by atoms with Crippen LogP contribution in [0, 0.1) is 0 Å². The van der Waals surface area contributed by atoms with Gasteiger partial charge in [0.15, 0.2) is 5.96 Å². The zero-order chi connectivity index (χ0) is 12.7. The molecule has 0 bridgehead atoms. The summed E-state index contributed by atoms with van der Waals surface area (Å²) in [6.07, 6.45) is 3.62. The fourth-order valence-electron chi connectivity index (χ4n) is 2.34. The molecule has 2 aliphatic rings. The summed E-state index contributed by atoms with van der Waals surface area (Å²) >= 11 is 3.60. The lowest BCUT2D eigenvalue weighted by molar-refractivity contribution is 0.487. The van der Waals surface area contributed by atoms with Gasteiger partial charge in [-0.15, -0.1) is 24.0 Å². The van der Waals surface area contributed by atoms with E-state index in [0.717, 1.165) is 6.42 Å².